The Kier molecular flexibility index (Phi) is 3.18. The Balaban J connectivity index is 2.01. The first-order valence-corrected chi connectivity index (χ1v) is 6.90. The lowest BCUT2D eigenvalue weighted by atomic mass is 10.1. The van der Waals surface area contributed by atoms with Crippen molar-refractivity contribution in [3.05, 3.63) is 41.1 Å². The minimum atomic E-state index is -0.393. The summed E-state index contributed by atoms with van der Waals surface area (Å²) in [5, 5.41) is 10.5. The van der Waals surface area contributed by atoms with Gasteiger partial charge in [-0.25, -0.2) is 0 Å². The molecule has 0 unspecified atom stereocenters. The van der Waals surface area contributed by atoms with Gasteiger partial charge in [0.1, 0.15) is 0 Å². The lowest BCUT2D eigenvalue weighted by Gasteiger charge is -2.17. The Bertz CT molecular complexity index is 681. The van der Waals surface area contributed by atoms with Crippen LogP contribution in [0.5, 0.6) is 0 Å². The van der Waals surface area contributed by atoms with Crippen molar-refractivity contribution in [1.82, 2.24) is 9.88 Å². The van der Waals surface area contributed by atoms with Crippen LogP contribution in [0, 0.1) is 13.8 Å². The molecule has 0 aliphatic carbocycles. The van der Waals surface area contributed by atoms with Gasteiger partial charge >= 0.3 is 0 Å². The van der Waals surface area contributed by atoms with Crippen LogP contribution < -0.4 is 0 Å². The summed E-state index contributed by atoms with van der Waals surface area (Å²) in [6.45, 7) is 4.93. The van der Waals surface area contributed by atoms with Crippen molar-refractivity contribution >= 4 is 16.8 Å². The van der Waals surface area contributed by atoms with Crippen LogP contribution >= 0.6 is 0 Å². The maximum absolute atomic E-state index is 12.5. The van der Waals surface area contributed by atoms with Gasteiger partial charge in [0, 0.05) is 18.5 Å². The van der Waals surface area contributed by atoms with Crippen LogP contribution in [0.1, 0.15) is 28.0 Å². The number of hydrogen-bond acceptors (Lipinski definition) is 3. The number of aliphatic hydroxyl groups excluding tert-OH is 1. The average Bonchev–Trinajstić information content (AvgIpc) is 2.84. The van der Waals surface area contributed by atoms with Crippen molar-refractivity contribution in [2.45, 2.75) is 26.4 Å². The second-order valence-corrected chi connectivity index (χ2v) is 5.51. The number of pyridine rings is 1. The molecule has 0 radical (unpaired) electrons. The highest BCUT2D eigenvalue weighted by molar-refractivity contribution is 5.98. The highest BCUT2D eigenvalue weighted by Gasteiger charge is 2.26. The van der Waals surface area contributed by atoms with Gasteiger partial charge < -0.3 is 10.0 Å². The first-order chi connectivity index (χ1) is 9.54. The van der Waals surface area contributed by atoms with Gasteiger partial charge in [-0.1, -0.05) is 12.1 Å². The largest absolute Gasteiger partial charge is 0.391 e. The number of aryl methyl sites for hydroxylation is 2. The second-order valence-electron chi connectivity index (χ2n) is 5.51. The van der Waals surface area contributed by atoms with Gasteiger partial charge in [-0.05, 0) is 38.0 Å². The molecule has 1 aliphatic heterocycles. The van der Waals surface area contributed by atoms with Crippen molar-refractivity contribution < 1.29 is 9.90 Å². The van der Waals surface area contributed by atoms with Gasteiger partial charge in [-0.2, -0.15) is 0 Å². The molecule has 2 heterocycles. The third-order valence-corrected chi connectivity index (χ3v) is 3.84. The molecule has 1 amide bonds. The van der Waals surface area contributed by atoms with Crippen LogP contribution in [0.2, 0.25) is 0 Å². The number of β-amino-alcohol motifs (C(OH)–C–C–N with tert-alkyl or cyclic N) is 1. The van der Waals surface area contributed by atoms with Crippen molar-refractivity contribution in [3.63, 3.8) is 0 Å². The minimum Gasteiger partial charge on any atom is -0.391 e. The van der Waals surface area contributed by atoms with E-state index >= 15 is 0 Å². The highest BCUT2D eigenvalue weighted by atomic mass is 16.3. The van der Waals surface area contributed by atoms with Crippen molar-refractivity contribution in [2.24, 2.45) is 0 Å². The summed E-state index contributed by atoms with van der Waals surface area (Å²) in [5.41, 5.74) is 3.46. The zero-order valence-electron chi connectivity index (χ0n) is 11.8. The fourth-order valence-electron chi connectivity index (χ4n) is 2.69. The number of rotatable bonds is 1. The quantitative estimate of drug-likeness (QED) is 0.863. The molecule has 1 fully saturated rings. The molecular weight excluding hydrogens is 252 g/mol. The maximum atomic E-state index is 12.5. The molecule has 1 aliphatic rings. The van der Waals surface area contributed by atoms with E-state index in [1.54, 1.807) is 4.90 Å². The highest BCUT2D eigenvalue weighted by Crippen LogP contribution is 2.21. The maximum Gasteiger partial charge on any atom is 0.255 e. The first-order valence-electron chi connectivity index (χ1n) is 6.90. The molecule has 0 bridgehead atoms. The smallest absolute Gasteiger partial charge is 0.255 e. The molecule has 20 heavy (non-hydrogen) atoms. The van der Waals surface area contributed by atoms with Gasteiger partial charge in [0.25, 0.3) is 5.91 Å². The van der Waals surface area contributed by atoms with Crippen LogP contribution in [0.4, 0.5) is 0 Å². The van der Waals surface area contributed by atoms with Crippen LogP contribution in [0.15, 0.2) is 24.3 Å². The van der Waals surface area contributed by atoms with E-state index in [0.717, 1.165) is 22.2 Å². The summed E-state index contributed by atoms with van der Waals surface area (Å²) in [5.74, 6) is -0.0333. The van der Waals surface area contributed by atoms with Crippen LogP contribution in [0.25, 0.3) is 10.9 Å². The normalized spacial score (nSPS) is 18.8. The zero-order chi connectivity index (χ0) is 14.3. The topological polar surface area (TPSA) is 53.4 Å². The third kappa shape index (κ3) is 2.27. The van der Waals surface area contributed by atoms with Gasteiger partial charge in [0.05, 0.1) is 22.9 Å². The fraction of sp³-hybridized carbons (Fsp3) is 0.375. The number of carbonyl (C=O) groups is 1. The zero-order valence-corrected chi connectivity index (χ0v) is 11.8. The van der Waals surface area contributed by atoms with E-state index in [-0.39, 0.29) is 5.91 Å². The number of nitrogens with zero attached hydrogens (tertiary/aromatic N) is 2. The SMILES string of the molecule is Cc1ccc2cc(C(=O)N3CC[C@@H](O)C3)c(C)nc2c1. The average molecular weight is 270 g/mol. The summed E-state index contributed by atoms with van der Waals surface area (Å²) in [6, 6.07) is 7.94. The third-order valence-electron chi connectivity index (χ3n) is 3.84. The number of fused-ring (bicyclic) bond motifs is 1. The van der Waals surface area contributed by atoms with E-state index in [1.807, 2.05) is 38.1 Å². The van der Waals surface area contributed by atoms with Crippen molar-refractivity contribution in [2.75, 3.05) is 13.1 Å². The molecule has 1 saturated heterocycles. The molecule has 1 aromatic heterocycles. The fourth-order valence-corrected chi connectivity index (χ4v) is 2.69. The van der Waals surface area contributed by atoms with Gasteiger partial charge in [-0.3, -0.25) is 9.78 Å². The summed E-state index contributed by atoms with van der Waals surface area (Å²) in [4.78, 5) is 18.7. The summed E-state index contributed by atoms with van der Waals surface area (Å²) >= 11 is 0. The molecule has 2 aromatic rings. The summed E-state index contributed by atoms with van der Waals surface area (Å²) in [6.07, 6.45) is 0.265. The predicted octanol–water partition coefficient (Wildman–Crippen LogP) is 2.06. The van der Waals surface area contributed by atoms with Crippen molar-refractivity contribution in [1.29, 1.82) is 0 Å². The van der Waals surface area contributed by atoms with E-state index in [0.29, 0.717) is 25.1 Å². The van der Waals surface area contributed by atoms with Crippen LogP contribution in [0.3, 0.4) is 0 Å². The molecule has 1 atom stereocenters. The van der Waals surface area contributed by atoms with Crippen molar-refractivity contribution in [3.8, 4) is 0 Å². The van der Waals surface area contributed by atoms with E-state index in [1.165, 1.54) is 0 Å². The molecule has 4 heteroatoms. The van der Waals surface area contributed by atoms with E-state index < -0.39 is 6.10 Å². The number of aliphatic hydroxyl groups is 1. The van der Waals surface area contributed by atoms with E-state index in [9.17, 15) is 9.90 Å². The Labute approximate surface area is 118 Å². The molecule has 0 spiro atoms. The monoisotopic (exact) mass is 270 g/mol. The number of likely N-dealkylation sites (tertiary alicyclic amines) is 1. The van der Waals surface area contributed by atoms with Gasteiger partial charge in [0.15, 0.2) is 0 Å². The Morgan fingerprint density at radius 3 is 2.85 bits per heavy atom. The summed E-state index contributed by atoms with van der Waals surface area (Å²) < 4.78 is 0. The Morgan fingerprint density at radius 2 is 2.15 bits per heavy atom. The lowest BCUT2D eigenvalue weighted by molar-refractivity contribution is 0.0764. The lowest BCUT2D eigenvalue weighted by Crippen LogP contribution is -2.30. The molecular formula is C16H18N2O2. The van der Waals surface area contributed by atoms with E-state index in [2.05, 4.69) is 4.98 Å². The number of benzene rings is 1. The number of amides is 1. The first kappa shape index (κ1) is 13.1. The molecule has 3 rings (SSSR count). The molecule has 4 nitrogen and oxygen atoms in total. The second kappa shape index (κ2) is 4.87. The standard InChI is InChI=1S/C16H18N2O2/c1-10-3-4-12-8-14(11(2)17-15(12)7-10)16(20)18-6-5-13(19)9-18/h3-4,7-8,13,19H,5-6,9H2,1-2H3/t13-/m1/s1. The molecule has 104 valence electrons. The molecule has 1 aromatic carbocycles. The van der Waals surface area contributed by atoms with E-state index in [4.69, 9.17) is 0 Å². The van der Waals surface area contributed by atoms with Gasteiger partial charge in [0.2, 0.25) is 0 Å². The Morgan fingerprint density at radius 1 is 1.35 bits per heavy atom. The van der Waals surface area contributed by atoms with Crippen LogP contribution in [-0.4, -0.2) is 40.1 Å². The number of hydrogen-bond donors (Lipinski definition) is 1. The molecule has 1 N–H and O–H groups in total. The Hall–Kier alpha value is -1.94. The molecule has 0 saturated carbocycles. The minimum absolute atomic E-state index is 0.0333. The predicted molar refractivity (Wildman–Crippen MR) is 77.7 cm³/mol. The number of aromatic nitrogens is 1. The summed E-state index contributed by atoms with van der Waals surface area (Å²) in [7, 11) is 0. The van der Waals surface area contributed by atoms with Crippen LogP contribution in [-0.2, 0) is 0 Å². The number of carbonyl (C=O) groups excluding carboxylic acids is 1. The van der Waals surface area contributed by atoms with Gasteiger partial charge in [-0.15, -0.1) is 0 Å².